The Bertz CT molecular complexity index is 1230. The van der Waals surface area contributed by atoms with Crippen LogP contribution >= 0.6 is 12.4 Å². The number of pyridine rings is 1. The molecule has 0 aliphatic heterocycles. The number of benzene rings is 3. The standard InChI is InChI=1S/C26H22FN3O3.ClH/c27-21-5-1-4-19(13-21)17-32-23-8-10-24(11-9-23)33-25-12-7-20(16-29-25)26(31)30-15-18-3-2-6-22(28)14-18;/h1-14,16H,15,17,28H2,(H,30,31);1H. The van der Waals surface area contributed by atoms with Gasteiger partial charge in [-0.3, -0.25) is 4.79 Å². The molecule has 4 aromatic rings. The summed E-state index contributed by atoms with van der Waals surface area (Å²) in [5.41, 5.74) is 8.49. The van der Waals surface area contributed by atoms with Gasteiger partial charge in [-0.25, -0.2) is 9.37 Å². The topological polar surface area (TPSA) is 86.5 Å². The minimum atomic E-state index is -0.294. The van der Waals surface area contributed by atoms with Gasteiger partial charge in [0.2, 0.25) is 5.88 Å². The first kappa shape index (κ1) is 24.5. The van der Waals surface area contributed by atoms with E-state index in [0.717, 1.165) is 11.1 Å². The lowest BCUT2D eigenvalue weighted by atomic mass is 10.2. The van der Waals surface area contributed by atoms with Gasteiger partial charge in [0.25, 0.3) is 5.91 Å². The van der Waals surface area contributed by atoms with Crippen molar-refractivity contribution in [1.29, 1.82) is 0 Å². The second-order valence-corrected chi connectivity index (χ2v) is 7.30. The molecular formula is C26H23ClFN3O3. The molecule has 0 atom stereocenters. The van der Waals surface area contributed by atoms with E-state index in [1.807, 2.05) is 18.2 Å². The quantitative estimate of drug-likeness (QED) is 0.325. The average Bonchev–Trinajstić information content (AvgIpc) is 2.83. The van der Waals surface area contributed by atoms with Crippen molar-refractivity contribution in [2.75, 3.05) is 5.73 Å². The molecule has 1 amide bonds. The molecule has 6 nitrogen and oxygen atoms in total. The fourth-order valence-electron chi connectivity index (χ4n) is 3.08. The Morgan fingerprint density at radius 3 is 2.35 bits per heavy atom. The Labute approximate surface area is 203 Å². The van der Waals surface area contributed by atoms with Gasteiger partial charge in [0.05, 0.1) is 5.56 Å². The second-order valence-electron chi connectivity index (χ2n) is 7.30. The maximum atomic E-state index is 13.2. The number of nitrogens with zero attached hydrogens (tertiary/aromatic N) is 1. The molecule has 0 bridgehead atoms. The molecule has 0 aliphatic rings. The van der Waals surface area contributed by atoms with Crippen molar-refractivity contribution < 1.29 is 18.7 Å². The smallest absolute Gasteiger partial charge is 0.253 e. The predicted molar refractivity (Wildman–Crippen MR) is 131 cm³/mol. The molecule has 0 spiro atoms. The third-order valence-electron chi connectivity index (χ3n) is 4.74. The van der Waals surface area contributed by atoms with Crippen molar-refractivity contribution in [3.63, 3.8) is 0 Å². The number of carbonyl (C=O) groups is 1. The molecule has 0 saturated heterocycles. The van der Waals surface area contributed by atoms with E-state index in [9.17, 15) is 9.18 Å². The molecule has 0 radical (unpaired) electrons. The molecule has 4 rings (SSSR count). The molecule has 0 saturated carbocycles. The summed E-state index contributed by atoms with van der Waals surface area (Å²) in [5.74, 6) is 1.02. The molecular weight excluding hydrogens is 457 g/mol. The summed E-state index contributed by atoms with van der Waals surface area (Å²) in [6.07, 6.45) is 1.46. The lowest BCUT2D eigenvalue weighted by Crippen LogP contribution is -2.22. The van der Waals surface area contributed by atoms with E-state index in [0.29, 0.717) is 35.2 Å². The van der Waals surface area contributed by atoms with Crippen LogP contribution in [0.1, 0.15) is 21.5 Å². The van der Waals surface area contributed by atoms with Crippen molar-refractivity contribution in [3.05, 3.63) is 114 Å². The molecule has 34 heavy (non-hydrogen) atoms. The van der Waals surface area contributed by atoms with Gasteiger partial charge in [-0.1, -0.05) is 24.3 Å². The number of rotatable bonds is 8. The van der Waals surface area contributed by atoms with Crippen LogP contribution in [-0.2, 0) is 13.2 Å². The molecule has 0 unspecified atom stereocenters. The largest absolute Gasteiger partial charge is 0.489 e. The highest BCUT2D eigenvalue weighted by Gasteiger charge is 2.08. The highest BCUT2D eigenvalue weighted by atomic mass is 35.5. The summed E-state index contributed by atoms with van der Waals surface area (Å²) in [6, 6.07) is 23.9. The lowest BCUT2D eigenvalue weighted by molar-refractivity contribution is 0.0950. The van der Waals surface area contributed by atoms with Crippen LogP contribution in [0.2, 0.25) is 0 Å². The van der Waals surface area contributed by atoms with Gasteiger partial charge in [-0.2, -0.15) is 0 Å². The number of aromatic nitrogens is 1. The van der Waals surface area contributed by atoms with Crippen molar-refractivity contribution in [2.45, 2.75) is 13.2 Å². The Balaban J connectivity index is 0.00000324. The van der Waals surface area contributed by atoms with Crippen LogP contribution in [0.25, 0.3) is 0 Å². The van der Waals surface area contributed by atoms with E-state index in [1.165, 1.54) is 18.3 Å². The van der Waals surface area contributed by atoms with E-state index < -0.39 is 0 Å². The second kappa shape index (κ2) is 11.7. The van der Waals surface area contributed by atoms with Crippen LogP contribution in [-0.4, -0.2) is 10.9 Å². The third kappa shape index (κ3) is 6.95. The molecule has 1 heterocycles. The Morgan fingerprint density at radius 1 is 0.912 bits per heavy atom. The van der Waals surface area contributed by atoms with Crippen molar-refractivity contribution in [3.8, 4) is 17.4 Å². The van der Waals surface area contributed by atoms with Crippen LogP contribution in [0.4, 0.5) is 10.1 Å². The molecule has 8 heteroatoms. The van der Waals surface area contributed by atoms with E-state index in [-0.39, 0.29) is 30.7 Å². The molecule has 0 fully saturated rings. The van der Waals surface area contributed by atoms with Gasteiger partial charge in [-0.05, 0) is 65.7 Å². The predicted octanol–water partition coefficient (Wildman–Crippen LogP) is 5.53. The summed E-state index contributed by atoms with van der Waals surface area (Å²) < 4.78 is 24.6. The normalized spacial score (nSPS) is 10.1. The molecule has 1 aromatic heterocycles. The zero-order chi connectivity index (χ0) is 23.0. The van der Waals surface area contributed by atoms with Gasteiger partial charge < -0.3 is 20.5 Å². The van der Waals surface area contributed by atoms with Gasteiger partial charge in [0, 0.05) is 24.5 Å². The summed E-state index contributed by atoms with van der Waals surface area (Å²) in [5, 5.41) is 2.83. The number of amides is 1. The minimum Gasteiger partial charge on any atom is -0.489 e. The number of halogens is 2. The number of carbonyl (C=O) groups excluding carboxylic acids is 1. The summed E-state index contributed by atoms with van der Waals surface area (Å²) in [6.45, 7) is 0.635. The zero-order valence-electron chi connectivity index (χ0n) is 18.1. The van der Waals surface area contributed by atoms with Gasteiger partial charge in [0.1, 0.15) is 23.9 Å². The minimum absolute atomic E-state index is 0. The monoisotopic (exact) mass is 479 g/mol. The average molecular weight is 480 g/mol. The van der Waals surface area contributed by atoms with Crippen LogP contribution in [0.3, 0.4) is 0 Å². The number of ether oxygens (including phenoxy) is 2. The zero-order valence-corrected chi connectivity index (χ0v) is 18.9. The van der Waals surface area contributed by atoms with Crippen LogP contribution < -0.4 is 20.5 Å². The van der Waals surface area contributed by atoms with Crippen molar-refractivity contribution >= 4 is 24.0 Å². The SMILES string of the molecule is Cl.Nc1cccc(CNC(=O)c2ccc(Oc3ccc(OCc4cccc(F)c4)cc3)nc2)c1. The van der Waals surface area contributed by atoms with E-state index in [4.69, 9.17) is 15.2 Å². The Kier molecular flexibility index (Phi) is 8.43. The third-order valence-corrected chi connectivity index (χ3v) is 4.74. The Morgan fingerprint density at radius 2 is 1.65 bits per heavy atom. The summed E-state index contributed by atoms with van der Waals surface area (Å²) >= 11 is 0. The Hall–Kier alpha value is -4.10. The van der Waals surface area contributed by atoms with Gasteiger partial charge in [-0.15, -0.1) is 12.4 Å². The maximum absolute atomic E-state index is 13.2. The van der Waals surface area contributed by atoms with Crippen LogP contribution in [0.15, 0.2) is 91.1 Å². The van der Waals surface area contributed by atoms with Crippen LogP contribution in [0, 0.1) is 5.82 Å². The highest BCUT2D eigenvalue weighted by Crippen LogP contribution is 2.23. The first-order valence-corrected chi connectivity index (χ1v) is 10.3. The van der Waals surface area contributed by atoms with E-state index in [1.54, 1.807) is 54.6 Å². The number of hydrogen-bond donors (Lipinski definition) is 2. The van der Waals surface area contributed by atoms with Crippen LogP contribution in [0.5, 0.6) is 17.4 Å². The van der Waals surface area contributed by atoms with Gasteiger partial charge >= 0.3 is 0 Å². The molecule has 3 aromatic carbocycles. The highest BCUT2D eigenvalue weighted by molar-refractivity contribution is 5.93. The van der Waals surface area contributed by atoms with Crippen molar-refractivity contribution in [1.82, 2.24) is 10.3 Å². The number of nitrogens with one attached hydrogen (secondary N) is 1. The number of nitrogen functional groups attached to an aromatic ring is 1. The fourth-order valence-corrected chi connectivity index (χ4v) is 3.08. The van der Waals surface area contributed by atoms with Crippen molar-refractivity contribution in [2.24, 2.45) is 0 Å². The van der Waals surface area contributed by atoms with Gasteiger partial charge in [0.15, 0.2) is 0 Å². The summed E-state index contributed by atoms with van der Waals surface area (Å²) in [7, 11) is 0. The fraction of sp³-hybridized carbons (Fsp3) is 0.0769. The number of nitrogens with two attached hydrogens (primary N) is 1. The first-order valence-electron chi connectivity index (χ1n) is 10.3. The van der Waals surface area contributed by atoms with E-state index >= 15 is 0 Å². The number of anilines is 1. The first-order chi connectivity index (χ1) is 16.0. The molecule has 0 aliphatic carbocycles. The summed E-state index contributed by atoms with van der Waals surface area (Å²) in [4.78, 5) is 16.5. The number of hydrogen-bond acceptors (Lipinski definition) is 5. The lowest BCUT2D eigenvalue weighted by Gasteiger charge is -2.09. The van der Waals surface area contributed by atoms with E-state index in [2.05, 4.69) is 10.3 Å². The maximum Gasteiger partial charge on any atom is 0.253 e. The molecule has 174 valence electrons. The molecule has 3 N–H and O–H groups in total.